The van der Waals surface area contributed by atoms with Gasteiger partial charge in [0.2, 0.25) is 5.91 Å². The van der Waals surface area contributed by atoms with E-state index in [0.29, 0.717) is 36.2 Å². The highest BCUT2D eigenvalue weighted by Gasteiger charge is 2.27. The lowest BCUT2D eigenvalue weighted by Gasteiger charge is -2.37. The van der Waals surface area contributed by atoms with Crippen molar-refractivity contribution in [3.63, 3.8) is 0 Å². The lowest BCUT2D eigenvalue weighted by molar-refractivity contribution is -0.123. The molecule has 1 unspecified atom stereocenters. The molecule has 5 nitrogen and oxygen atoms in total. The summed E-state index contributed by atoms with van der Waals surface area (Å²) >= 11 is 3.21. The first-order chi connectivity index (χ1) is 9.90. The fourth-order valence-electron chi connectivity index (χ4n) is 2.33. The molecule has 0 aromatic heterocycles. The number of halogens is 2. The molecule has 114 valence electrons. The fourth-order valence-corrected chi connectivity index (χ4v) is 2.85. The Kier molecular flexibility index (Phi) is 4.95. The van der Waals surface area contributed by atoms with Crippen molar-refractivity contribution in [2.45, 2.75) is 13.0 Å². The fraction of sp³-hybridized carbons (Fsp3) is 0.429. The zero-order valence-corrected chi connectivity index (χ0v) is 13.3. The summed E-state index contributed by atoms with van der Waals surface area (Å²) in [4.78, 5) is 27.2. The zero-order valence-electron chi connectivity index (χ0n) is 11.7. The molecule has 1 aliphatic rings. The lowest BCUT2D eigenvalue weighted by Crippen LogP contribution is -2.54. The summed E-state index contributed by atoms with van der Waals surface area (Å²) in [6, 6.07) is 3.68. The molecule has 7 heteroatoms. The number of carbonyl (C=O) groups is 2. The molecule has 1 heterocycles. The van der Waals surface area contributed by atoms with Gasteiger partial charge in [-0.3, -0.25) is 14.5 Å². The molecule has 1 aromatic rings. The maximum Gasteiger partial charge on any atom is 0.255 e. The second kappa shape index (κ2) is 6.53. The summed E-state index contributed by atoms with van der Waals surface area (Å²) in [6.45, 7) is 3.97. The molecule has 1 saturated heterocycles. The highest BCUT2D eigenvalue weighted by atomic mass is 79.9. The SMILES string of the molecule is CC(C(N)=O)N1CCN(C(=O)c2ccc(F)cc2Br)CC1. The second-order valence-corrected chi connectivity index (χ2v) is 5.89. The van der Waals surface area contributed by atoms with Gasteiger partial charge in [0, 0.05) is 30.7 Å². The molecule has 0 saturated carbocycles. The molecule has 1 aliphatic heterocycles. The van der Waals surface area contributed by atoms with Crippen LogP contribution in [-0.2, 0) is 4.79 Å². The monoisotopic (exact) mass is 357 g/mol. The minimum Gasteiger partial charge on any atom is -0.368 e. The van der Waals surface area contributed by atoms with Crippen molar-refractivity contribution in [3.8, 4) is 0 Å². The van der Waals surface area contributed by atoms with E-state index < -0.39 is 5.82 Å². The van der Waals surface area contributed by atoms with Gasteiger partial charge in [-0.25, -0.2) is 4.39 Å². The number of hydrogen-bond donors (Lipinski definition) is 1. The van der Waals surface area contributed by atoms with Crippen LogP contribution in [0.25, 0.3) is 0 Å². The minimum absolute atomic E-state index is 0.145. The number of nitrogens with zero attached hydrogens (tertiary/aromatic N) is 2. The normalized spacial score (nSPS) is 17.6. The first kappa shape index (κ1) is 15.9. The van der Waals surface area contributed by atoms with Crippen molar-refractivity contribution in [2.24, 2.45) is 5.73 Å². The topological polar surface area (TPSA) is 66.6 Å². The smallest absolute Gasteiger partial charge is 0.255 e. The summed E-state index contributed by atoms with van der Waals surface area (Å²) in [5, 5.41) is 0. The molecular weight excluding hydrogens is 341 g/mol. The molecule has 21 heavy (non-hydrogen) atoms. The Balaban J connectivity index is 2.02. The van der Waals surface area contributed by atoms with E-state index in [1.165, 1.54) is 18.2 Å². The third-order valence-electron chi connectivity index (χ3n) is 3.72. The van der Waals surface area contributed by atoms with Crippen LogP contribution in [0.15, 0.2) is 22.7 Å². The Morgan fingerprint density at radius 2 is 1.90 bits per heavy atom. The predicted molar refractivity (Wildman–Crippen MR) is 80.2 cm³/mol. The van der Waals surface area contributed by atoms with Crippen molar-refractivity contribution in [2.75, 3.05) is 26.2 Å². The minimum atomic E-state index is -0.390. The Morgan fingerprint density at radius 1 is 1.29 bits per heavy atom. The zero-order chi connectivity index (χ0) is 15.6. The van der Waals surface area contributed by atoms with Crippen LogP contribution in [-0.4, -0.2) is 53.8 Å². The van der Waals surface area contributed by atoms with E-state index in [4.69, 9.17) is 5.73 Å². The van der Waals surface area contributed by atoms with Gasteiger partial charge in [0.25, 0.3) is 5.91 Å². The molecule has 0 aliphatic carbocycles. The van der Waals surface area contributed by atoms with Crippen LogP contribution >= 0.6 is 15.9 Å². The van der Waals surface area contributed by atoms with E-state index in [1.807, 2.05) is 4.90 Å². The van der Waals surface area contributed by atoms with Crippen LogP contribution in [0, 0.1) is 5.82 Å². The Labute approximate surface area is 131 Å². The van der Waals surface area contributed by atoms with Crippen molar-refractivity contribution in [1.82, 2.24) is 9.80 Å². The van der Waals surface area contributed by atoms with Crippen LogP contribution < -0.4 is 5.73 Å². The molecular formula is C14H17BrFN3O2. The Morgan fingerprint density at radius 3 is 2.43 bits per heavy atom. The number of benzene rings is 1. The quantitative estimate of drug-likeness (QED) is 0.884. The van der Waals surface area contributed by atoms with Crippen LogP contribution in [0.1, 0.15) is 17.3 Å². The van der Waals surface area contributed by atoms with Crippen molar-refractivity contribution >= 4 is 27.7 Å². The van der Waals surface area contributed by atoms with Gasteiger partial charge in [0.1, 0.15) is 5.82 Å². The average Bonchev–Trinajstić information content (AvgIpc) is 2.46. The molecule has 2 rings (SSSR count). The summed E-state index contributed by atoms with van der Waals surface area (Å²) in [6.07, 6.45) is 0. The number of nitrogens with two attached hydrogens (primary N) is 1. The number of primary amides is 1. The lowest BCUT2D eigenvalue weighted by atomic mass is 10.1. The third kappa shape index (κ3) is 3.59. The van der Waals surface area contributed by atoms with E-state index in [1.54, 1.807) is 11.8 Å². The molecule has 1 fully saturated rings. The van der Waals surface area contributed by atoms with E-state index in [0.717, 1.165) is 0 Å². The van der Waals surface area contributed by atoms with Crippen LogP contribution in [0.2, 0.25) is 0 Å². The van der Waals surface area contributed by atoms with Crippen molar-refractivity contribution < 1.29 is 14.0 Å². The highest BCUT2D eigenvalue weighted by molar-refractivity contribution is 9.10. The Bertz CT molecular complexity index is 559. The summed E-state index contributed by atoms with van der Waals surface area (Å²) in [5.74, 6) is -0.900. The highest BCUT2D eigenvalue weighted by Crippen LogP contribution is 2.20. The number of carbonyl (C=O) groups excluding carboxylic acids is 2. The molecule has 2 amide bonds. The summed E-state index contributed by atoms with van der Waals surface area (Å²) in [7, 11) is 0. The summed E-state index contributed by atoms with van der Waals surface area (Å²) < 4.78 is 13.5. The number of piperazine rings is 1. The Hall–Kier alpha value is -1.47. The maximum atomic E-state index is 13.1. The number of hydrogen-bond acceptors (Lipinski definition) is 3. The third-order valence-corrected chi connectivity index (χ3v) is 4.38. The molecule has 0 bridgehead atoms. The first-order valence-electron chi connectivity index (χ1n) is 6.68. The van der Waals surface area contributed by atoms with Crippen molar-refractivity contribution in [3.05, 3.63) is 34.1 Å². The van der Waals surface area contributed by atoms with E-state index in [9.17, 15) is 14.0 Å². The van der Waals surface area contributed by atoms with Crippen LogP contribution in [0.5, 0.6) is 0 Å². The maximum absolute atomic E-state index is 13.1. The predicted octanol–water partition coefficient (Wildman–Crippen LogP) is 1.22. The molecule has 2 N–H and O–H groups in total. The van der Waals surface area contributed by atoms with Gasteiger partial charge in [-0.05, 0) is 41.1 Å². The molecule has 0 spiro atoms. The first-order valence-corrected chi connectivity index (χ1v) is 7.47. The van der Waals surface area contributed by atoms with Gasteiger partial charge >= 0.3 is 0 Å². The van der Waals surface area contributed by atoms with E-state index in [-0.39, 0.29) is 17.9 Å². The standard InChI is InChI=1S/C14H17BrFN3O2/c1-9(13(17)20)18-4-6-19(7-5-18)14(21)11-3-2-10(16)8-12(11)15/h2-3,8-9H,4-7H2,1H3,(H2,17,20). The molecule has 0 radical (unpaired) electrons. The van der Waals surface area contributed by atoms with Gasteiger partial charge in [0.05, 0.1) is 11.6 Å². The van der Waals surface area contributed by atoms with E-state index >= 15 is 0 Å². The number of rotatable bonds is 3. The van der Waals surface area contributed by atoms with E-state index in [2.05, 4.69) is 15.9 Å². The van der Waals surface area contributed by atoms with Crippen LogP contribution in [0.3, 0.4) is 0 Å². The average molecular weight is 358 g/mol. The summed E-state index contributed by atoms with van der Waals surface area (Å²) in [5.41, 5.74) is 5.72. The largest absolute Gasteiger partial charge is 0.368 e. The van der Waals surface area contributed by atoms with Crippen LogP contribution in [0.4, 0.5) is 4.39 Å². The number of amides is 2. The van der Waals surface area contributed by atoms with Gasteiger partial charge < -0.3 is 10.6 Å². The second-order valence-electron chi connectivity index (χ2n) is 5.03. The molecule has 1 aromatic carbocycles. The van der Waals surface area contributed by atoms with Gasteiger partial charge in [-0.15, -0.1) is 0 Å². The van der Waals surface area contributed by atoms with Crippen molar-refractivity contribution in [1.29, 1.82) is 0 Å². The van der Waals surface area contributed by atoms with Gasteiger partial charge in [0.15, 0.2) is 0 Å². The van der Waals surface area contributed by atoms with Gasteiger partial charge in [-0.2, -0.15) is 0 Å². The van der Waals surface area contributed by atoms with Gasteiger partial charge in [-0.1, -0.05) is 0 Å². The molecule has 1 atom stereocenters.